The van der Waals surface area contributed by atoms with E-state index in [1.54, 1.807) is 26.0 Å². The van der Waals surface area contributed by atoms with Gasteiger partial charge in [0.2, 0.25) is 5.91 Å². The van der Waals surface area contributed by atoms with Crippen molar-refractivity contribution in [1.82, 2.24) is 5.32 Å². The van der Waals surface area contributed by atoms with Crippen LogP contribution in [-0.4, -0.2) is 28.9 Å². The molecule has 128 valence electrons. The van der Waals surface area contributed by atoms with Crippen LogP contribution in [0.25, 0.3) is 0 Å². The predicted molar refractivity (Wildman–Crippen MR) is 89.0 cm³/mol. The number of nitrogens with one attached hydrogen (secondary N) is 2. The van der Waals surface area contributed by atoms with Gasteiger partial charge in [0.05, 0.1) is 22.4 Å². The predicted octanol–water partition coefficient (Wildman–Crippen LogP) is 2.53. The Morgan fingerprint density at radius 2 is 1.88 bits per heavy atom. The minimum absolute atomic E-state index is 0.204. The van der Waals surface area contributed by atoms with Gasteiger partial charge in [-0.25, -0.2) is 0 Å². The van der Waals surface area contributed by atoms with E-state index >= 15 is 0 Å². The summed E-state index contributed by atoms with van der Waals surface area (Å²) in [6.45, 7) is 3.51. The van der Waals surface area contributed by atoms with E-state index in [0.717, 1.165) is 12.8 Å². The summed E-state index contributed by atoms with van der Waals surface area (Å²) in [4.78, 5) is 35.7. The molecule has 3 N–H and O–H groups in total. The minimum atomic E-state index is -0.972. The molecule has 24 heavy (non-hydrogen) atoms. The summed E-state index contributed by atoms with van der Waals surface area (Å²) < 4.78 is 0. The maximum atomic E-state index is 12.4. The molecule has 6 nitrogen and oxygen atoms in total. The molecule has 2 atom stereocenters. The molecule has 2 aliphatic carbocycles. The molecular weight excluding hydrogens is 332 g/mol. The number of carboxylic acids is 1. The largest absolute Gasteiger partial charge is 0.481 e. The van der Waals surface area contributed by atoms with Gasteiger partial charge < -0.3 is 15.7 Å². The third-order valence-corrected chi connectivity index (χ3v) is 5.10. The Labute approximate surface area is 144 Å². The van der Waals surface area contributed by atoms with E-state index in [0.29, 0.717) is 16.3 Å². The first-order valence-electron chi connectivity index (χ1n) is 7.86. The zero-order valence-corrected chi connectivity index (χ0v) is 14.2. The summed E-state index contributed by atoms with van der Waals surface area (Å²) in [7, 11) is 0. The molecule has 2 fully saturated rings. The van der Waals surface area contributed by atoms with Gasteiger partial charge >= 0.3 is 5.97 Å². The molecule has 0 radical (unpaired) electrons. The van der Waals surface area contributed by atoms with Crippen LogP contribution >= 0.6 is 11.6 Å². The number of hydrogen-bond donors (Lipinski definition) is 3. The van der Waals surface area contributed by atoms with Crippen molar-refractivity contribution in [2.24, 2.45) is 17.3 Å². The van der Waals surface area contributed by atoms with E-state index in [9.17, 15) is 14.4 Å². The molecule has 0 aliphatic heterocycles. The van der Waals surface area contributed by atoms with Crippen molar-refractivity contribution in [3.05, 3.63) is 28.8 Å². The second-order valence-corrected chi connectivity index (χ2v) is 7.45. The molecule has 3 rings (SSSR count). The number of aliphatic carboxylic acids is 1. The van der Waals surface area contributed by atoms with Crippen LogP contribution in [0, 0.1) is 17.3 Å². The molecule has 1 aromatic carbocycles. The normalized spacial score (nSPS) is 24.1. The molecular formula is C17H19ClN2O4. The molecule has 2 aliphatic rings. The Kier molecular flexibility index (Phi) is 4.03. The smallest absolute Gasteiger partial charge is 0.307 e. The van der Waals surface area contributed by atoms with Gasteiger partial charge in [-0.1, -0.05) is 25.4 Å². The summed E-state index contributed by atoms with van der Waals surface area (Å²) in [6, 6.07) is 4.86. The number of rotatable bonds is 5. The van der Waals surface area contributed by atoms with Gasteiger partial charge in [0.25, 0.3) is 5.91 Å². The number of halogens is 1. The first-order valence-corrected chi connectivity index (χ1v) is 8.23. The quantitative estimate of drug-likeness (QED) is 0.760. The third kappa shape index (κ3) is 3.11. The lowest BCUT2D eigenvalue weighted by Gasteiger charge is -2.10. The van der Waals surface area contributed by atoms with Crippen molar-refractivity contribution in [3.63, 3.8) is 0 Å². The van der Waals surface area contributed by atoms with Crippen molar-refractivity contribution in [1.29, 1.82) is 0 Å². The van der Waals surface area contributed by atoms with Gasteiger partial charge in [0.15, 0.2) is 0 Å². The molecule has 0 unspecified atom stereocenters. The number of hydrogen-bond acceptors (Lipinski definition) is 3. The van der Waals surface area contributed by atoms with Crippen LogP contribution in [0.5, 0.6) is 0 Å². The molecule has 0 spiro atoms. The molecule has 0 aromatic heterocycles. The third-order valence-electron chi connectivity index (χ3n) is 4.77. The Morgan fingerprint density at radius 3 is 2.42 bits per heavy atom. The lowest BCUT2D eigenvalue weighted by Crippen LogP contribution is -2.26. The zero-order chi connectivity index (χ0) is 17.6. The van der Waals surface area contributed by atoms with E-state index in [1.807, 2.05) is 0 Å². The van der Waals surface area contributed by atoms with Gasteiger partial charge in [0.1, 0.15) is 0 Å². The second-order valence-electron chi connectivity index (χ2n) is 7.05. The first kappa shape index (κ1) is 16.8. The maximum absolute atomic E-state index is 12.4. The summed E-state index contributed by atoms with van der Waals surface area (Å²) in [5, 5.41) is 15.0. The van der Waals surface area contributed by atoms with Crippen LogP contribution in [0.3, 0.4) is 0 Å². The highest BCUT2D eigenvalue weighted by molar-refractivity contribution is 6.34. The molecule has 2 amide bonds. The van der Waals surface area contributed by atoms with Crippen molar-refractivity contribution < 1.29 is 19.5 Å². The fraction of sp³-hybridized carbons (Fsp3) is 0.471. The van der Waals surface area contributed by atoms with E-state index < -0.39 is 23.2 Å². The van der Waals surface area contributed by atoms with Crippen LogP contribution < -0.4 is 10.6 Å². The molecule has 7 heteroatoms. The number of amides is 2. The molecule has 0 bridgehead atoms. The van der Waals surface area contributed by atoms with Crippen molar-refractivity contribution in [2.45, 2.75) is 32.7 Å². The van der Waals surface area contributed by atoms with Gasteiger partial charge in [-0.05, 0) is 36.5 Å². The van der Waals surface area contributed by atoms with Crippen LogP contribution in [0.2, 0.25) is 5.02 Å². The highest BCUT2D eigenvalue weighted by atomic mass is 35.5. The average molecular weight is 351 g/mol. The van der Waals surface area contributed by atoms with Crippen molar-refractivity contribution in [2.75, 3.05) is 5.32 Å². The highest BCUT2D eigenvalue weighted by Crippen LogP contribution is 2.58. The first-order chi connectivity index (χ1) is 11.2. The summed E-state index contributed by atoms with van der Waals surface area (Å²) in [5.41, 5.74) is 0.150. The van der Waals surface area contributed by atoms with Crippen LogP contribution in [-0.2, 0) is 9.59 Å². The average Bonchev–Trinajstić information content (AvgIpc) is 3.37. The van der Waals surface area contributed by atoms with E-state index in [1.165, 1.54) is 6.07 Å². The lowest BCUT2D eigenvalue weighted by atomic mass is 10.1. The summed E-state index contributed by atoms with van der Waals surface area (Å²) in [6.07, 6.45) is 1.93. The number of carboxylic acid groups (broad SMARTS) is 1. The van der Waals surface area contributed by atoms with Gasteiger partial charge in [-0.3, -0.25) is 14.4 Å². The summed E-state index contributed by atoms with van der Waals surface area (Å²) >= 11 is 6.07. The standard InChI is InChI=1S/C17H19ClN2O4/c1-17(2)12(13(17)16(23)24)15(22)20-9-5-6-11(18)10(7-9)14(21)19-8-3-4-8/h5-8,12-13H,3-4H2,1-2H3,(H,19,21)(H,20,22)(H,23,24)/t12-,13-/m0/s1. The SMILES string of the molecule is CC1(C)[C@H](C(=O)O)[C@H]1C(=O)Nc1ccc(Cl)c(C(=O)NC2CC2)c1. The molecule has 0 saturated heterocycles. The Morgan fingerprint density at radius 1 is 1.21 bits per heavy atom. The minimum Gasteiger partial charge on any atom is -0.481 e. The zero-order valence-electron chi connectivity index (χ0n) is 13.4. The highest BCUT2D eigenvalue weighted by Gasteiger charge is 2.65. The van der Waals surface area contributed by atoms with Crippen LogP contribution in [0.4, 0.5) is 5.69 Å². The number of carbonyl (C=O) groups is 3. The molecule has 1 aromatic rings. The van der Waals surface area contributed by atoms with E-state index in [-0.39, 0.29) is 17.9 Å². The Balaban J connectivity index is 1.72. The van der Waals surface area contributed by atoms with E-state index in [4.69, 9.17) is 16.7 Å². The second kappa shape index (κ2) is 5.77. The lowest BCUT2D eigenvalue weighted by molar-refractivity contribution is -0.140. The van der Waals surface area contributed by atoms with Crippen molar-refractivity contribution >= 4 is 35.1 Å². The van der Waals surface area contributed by atoms with Crippen LogP contribution in [0.1, 0.15) is 37.0 Å². The maximum Gasteiger partial charge on any atom is 0.307 e. The molecule has 2 saturated carbocycles. The number of benzene rings is 1. The van der Waals surface area contributed by atoms with Gasteiger partial charge in [0, 0.05) is 11.7 Å². The fourth-order valence-corrected chi connectivity index (χ4v) is 3.28. The van der Waals surface area contributed by atoms with Gasteiger partial charge in [-0.15, -0.1) is 0 Å². The monoisotopic (exact) mass is 350 g/mol. The Hall–Kier alpha value is -2.08. The number of anilines is 1. The van der Waals surface area contributed by atoms with E-state index in [2.05, 4.69) is 10.6 Å². The fourth-order valence-electron chi connectivity index (χ4n) is 3.08. The topological polar surface area (TPSA) is 95.5 Å². The van der Waals surface area contributed by atoms with Gasteiger partial charge in [-0.2, -0.15) is 0 Å². The number of carbonyl (C=O) groups excluding carboxylic acids is 2. The van der Waals surface area contributed by atoms with Crippen molar-refractivity contribution in [3.8, 4) is 0 Å². The molecule has 0 heterocycles. The van der Waals surface area contributed by atoms with Crippen LogP contribution in [0.15, 0.2) is 18.2 Å². The summed E-state index contributed by atoms with van der Waals surface area (Å²) in [5.74, 6) is -2.88. The Bertz CT molecular complexity index is 727.